The molecule has 0 aliphatic carbocycles. The van der Waals surface area contributed by atoms with Crippen molar-refractivity contribution in [1.82, 2.24) is 15.1 Å². The lowest BCUT2D eigenvalue weighted by Crippen LogP contribution is -2.30. The Bertz CT molecular complexity index is 433. The van der Waals surface area contributed by atoms with Gasteiger partial charge in [-0.3, -0.25) is 4.68 Å². The summed E-state index contributed by atoms with van der Waals surface area (Å²) < 4.78 is 1.94. The van der Waals surface area contributed by atoms with Crippen molar-refractivity contribution < 1.29 is 0 Å². The van der Waals surface area contributed by atoms with Gasteiger partial charge in [0.2, 0.25) is 0 Å². The lowest BCUT2D eigenvalue weighted by atomic mass is 10.2. The van der Waals surface area contributed by atoms with E-state index in [0.717, 1.165) is 19.4 Å². The van der Waals surface area contributed by atoms with E-state index in [1.54, 1.807) is 0 Å². The zero-order valence-corrected chi connectivity index (χ0v) is 11.2. The third-order valence-corrected chi connectivity index (χ3v) is 3.78. The maximum absolute atomic E-state index is 4.17. The molecule has 0 fully saturated rings. The molecule has 2 aromatic heterocycles. The summed E-state index contributed by atoms with van der Waals surface area (Å²) in [4.78, 5) is 1.45. The highest BCUT2D eigenvalue weighted by atomic mass is 32.1. The molecule has 0 amide bonds. The molecule has 2 heterocycles. The summed E-state index contributed by atoms with van der Waals surface area (Å²) in [5.74, 6) is 0. The predicted octanol–water partition coefficient (Wildman–Crippen LogP) is 2.24. The van der Waals surface area contributed by atoms with Gasteiger partial charge in [-0.15, -0.1) is 11.3 Å². The van der Waals surface area contributed by atoms with Gasteiger partial charge in [-0.2, -0.15) is 5.10 Å². The number of rotatable bonds is 6. The van der Waals surface area contributed by atoms with Crippen LogP contribution in [0.1, 0.15) is 17.5 Å². The maximum Gasteiger partial charge on any atom is 0.0492 e. The van der Waals surface area contributed by atoms with E-state index in [4.69, 9.17) is 0 Å². The second-order valence-electron chi connectivity index (χ2n) is 4.33. The first kappa shape index (κ1) is 12.3. The molecule has 1 unspecified atom stereocenters. The van der Waals surface area contributed by atoms with Crippen molar-refractivity contribution >= 4 is 11.3 Å². The van der Waals surface area contributed by atoms with Crippen molar-refractivity contribution in [3.8, 4) is 0 Å². The quantitative estimate of drug-likeness (QED) is 0.851. The molecule has 2 aromatic rings. The molecule has 0 spiro atoms. The fraction of sp³-hybridized carbons (Fsp3) is 0.462. The Morgan fingerprint density at radius 2 is 2.35 bits per heavy atom. The molecular formula is C13H19N3S. The van der Waals surface area contributed by atoms with Crippen molar-refractivity contribution in [2.75, 3.05) is 6.54 Å². The first-order valence-corrected chi connectivity index (χ1v) is 6.86. The summed E-state index contributed by atoms with van der Waals surface area (Å²) in [5, 5.41) is 9.85. The van der Waals surface area contributed by atoms with Gasteiger partial charge in [-0.25, -0.2) is 0 Å². The molecule has 92 valence electrons. The molecule has 2 rings (SSSR count). The van der Waals surface area contributed by atoms with Gasteiger partial charge < -0.3 is 5.32 Å². The Hall–Kier alpha value is -1.13. The smallest absolute Gasteiger partial charge is 0.0492 e. The van der Waals surface area contributed by atoms with Crippen molar-refractivity contribution in [2.45, 2.75) is 25.8 Å². The van der Waals surface area contributed by atoms with Crippen molar-refractivity contribution in [3.63, 3.8) is 0 Å². The molecule has 3 nitrogen and oxygen atoms in total. The second-order valence-corrected chi connectivity index (χ2v) is 5.37. The van der Waals surface area contributed by atoms with Crippen LogP contribution in [-0.2, 0) is 19.9 Å². The van der Waals surface area contributed by atoms with E-state index in [1.807, 2.05) is 29.3 Å². The van der Waals surface area contributed by atoms with E-state index in [-0.39, 0.29) is 0 Å². The molecule has 0 bridgehead atoms. The average Bonchev–Trinajstić information content (AvgIpc) is 2.91. The van der Waals surface area contributed by atoms with Gasteiger partial charge in [0.1, 0.15) is 0 Å². The molecule has 0 radical (unpaired) electrons. The van der Waals surface area contributed by atoms with E-state index in [2.05, 4.69) is 40.9 Å². The van der Waals surface area contributed by atoms with Crippen molar-refractivity contribution in [1.29, 1.82) is 0 Å². The fourth-order valence-electron chi connectivity index (χ4n) is 1.90. The maximum atomic E-state index is 4.17. The molecule has 0 aliphatic heterocycles. The summed E-state index contributed by atoms with van der Waals surface area (Å²) in [6.07, 6.45) is 4.00. The molecule has 1 atom stereocenters. The molecule has 0 saturated carbocycles. The zero-order valence-electron chi connectivity index (χ0n) is 10.4. The first-order chi connectivity index (χ1) is 8.25. The molecule has 1 N–H and O–H groups in total. The van der Waals surface area contributed by atoms with Crippen molar-refractivity contribution in [3.05, 3.63) is 40.3 Å². The Morgan fingerprint density at radius 1 is 1.47 bits per heavy atom. The van der Waals surface area contributed by atoms with Gasteiger partial charge in [-0.1, -0.05) is 6.07 Å². The highest BCUT2D eigenvalue weighted by Crippen LogP contribution is 2.10. The largest absolute Gasteiger partial charge is 0.314 e. The van der Waals surface area contributed by atoms with Crippen LogP contribution in [0.3, 0.4) is 0 Å². The fourth-order valence-corrected chi connectivity index (χ4v) is 2.73. The zero-order chi connectivity index (χ0) is 12.1. The molecule has 0 saturated heterocycles. The van der Waals surface area contributed by atoms with Gasteiger partial charge in [0.15, 0.2) is 0 Å². The summed E-state index contributed by atoms with van der Waals surface area (Å²) >= 11 is 1.83. The lowest BCUT2D eigenvalue weighted by Gasteiger charge is -2.12. The number of thiophene rings is 1. The van der Waals surface area contributed by atoms with Gasteiger partial charge in [0, 0.05) is 42.8 Å². The molecule has 0 aromatic carbocycles. The summed E-state index contributed by atoms with van der Waals surface area (Å²) in [7, 11) is 1.99. The summed E-state index contributed by atoms with van der Waals surface area (Å²) in [6, 6.07) is 6.92. The van der Waals surface area contributed by atoms with E-state index >= 15 is 0 Å². The van der Waals surface area contributed by atoms with Crippen LogP contribution in [0.4, 0.5) is 0 Å². The van der Waals surface area contributed by atoms with E-state index in [9.17, 15) is 0 Å². The molecule has 17 heavy (non-hydrogen) atoms. The van der Waals surface area contributed by atoms with E-state index in [1.165, 1.54) is 10.6 Å². The van der Waals surface area contributed by atoms with Crippen LogP contribution in [0.25, 0.3) is 0 Å². The van der Waals surface area contributed by atoms with Gasteiger partial charge in [-0.05, 0) is 30.9 Å². The van der Waals surface area contributed by atoms with Gasteiger partial charge in [0.05, 0.1) is 0 Å². The van der Waals surface area contributed by atoms with Gasteiger partial charge in [0.25, 0.3) is 0 Å². The number of hydrogen-bond donors (Lipinski definition) is 1. The SMILES string of the molecule is CC(Cc1cccs1)NCCc1ccnn1C. The Balaban J connectivity index is 1.70. The highest BCUT2D eigenvalue weighted by molar-refractivity contribution is 7.09. The average molecular weight is 249 g/mol. The normalized spacial score (nSPS) is 12.8. The third-order valence-electron chi connectivity index (χ3n) is 2.88. The van der Waals surface area contributed by atoms with Crippen LogP contribution in [0.2, 0.25) is 0 Å². The van der Waals surface area contributed by atoms with Crippen LogP contribution in [-0.4, -0.2) is 22.4 Å². The lowest BCUT2D eigenvalue weighted by molar-refractivity contribution is 0.542. The highest BCUT2D eigenvalue weighted by Gasteiger charge is 2.04. The predicted molar refractivity (Wildman–Crippen MR) is 72.4 cm³/mol. The number of nitrogens with one attached hydrogen (secondary N) is 1. The Labute approximate surface area is 106 Å². The van der Waals surface area contributed by atoms with E-state index < -0.39 is 0 Å². The van der Waals surface area contributed by atoms with Crippen LogP contribution < -0.4 is 5.32 Å². The number of hydrogen-bond acceptors (Lipinski definition) is 3. The number of nitrogens with zero attached hydrogens (tertiary/aromatic N) is 2. The van der Waals surface area contributed by atoms with Crippen LogP contribution in [0.15, 0.2) is 29.8 Å². The Kier molecular flexibility index (Phi) is 4.34. The number of aromatic nitrogens is 2. The standard InChI is InChI=1S/C13H19N3S/c1-11(10-13-4-3-9-17-13)14-7-5-12-6-8-15-16(12)2/h3-4,6,8-9,11,14H,5,7,10H2,1-2H3. The molecular weight excluding hydrogens is 230 g/mol. The van der Waals surface area contributed by atoms with Crippen LogP contribution >= 0.6 is 11.3 Å². The van der Waals surface area contributed by atoms with Gasteiger partial charge >= 0.3 is 0 Å². The molecule has 0 aliphatic rings. The summed E-state index contributed by atoms with van der Waals surface area (Å²) in [5.41, 5.74) is 1.28. The topological polar surface area (TPSA) is 29.9 Å². The molecule has 4 heteroatoms. The van der Waals surface area contributed by atoms with Crippen LogP contribution in [0.5, 0.6) is 0 Å². The number of aryl methyl sites for hydroxylation is 1. The van der Waals surface area contributed by atoms with Crippen LogP contribution in [0, 0.1) is 0 Å². The van der Waals surface area contributed by atoms with Crippen molar-refractivity contribution in [2.24, 2.45) is 7.05 Å². The second kappa shape index (κ2) is 5.98. The minimum Gasteiger partial charge on any atom is -0.314 e. The first-order valence-electron chi connectivity index (χ1n) is 5.98. The minimum absolute atomic E-state index is 0.530. The monoisotopic (exact) mass is 249 g/mol. The van der Waals surface area contributed by atoms with E-state index in [0.29, 0.717) is 6.04 Å². The minimum atomic E-state index is 0.530. The Morgan fingerprint density at radius 3 is 3.00 bits per heavy atom. The third kappa shape index (κ3) is 3.68. The summed E-state index contributed by atoms with van der Waals surface area (Å²) in [6.45, 7) is 3.25.